The minimum absolute atomic E-state index is 0.186. The van der Waals surface area contributed by atoms with Crippen LogP contribution in [0, 0.1) is 0 Å². The molecule has 0 saturated heterocycles. The fourth-order valence-electron chi connectivity index (χ4n) is 3.46. The molecule has 0 bridgehead atoms. The van der Waals surface area contributed by atoms with Crippen molar-refractivity contribution in [3.63, 3.8) is 0 Å². The van der Waals surface area contributed by atoms with Crippen molar-refractivity contribution in [2.75, 3.05) is 0 Å². The first-order valence-electron chi connectivity index (χ1n) is 10.3. The molecule has 0 radical (unpaired) electrons. The number of carbonyl (C=O) groups excluding carboxylic acids is 1. The van der Waals surface area contributed by atoms with Crippen molar-refractivity contribution in [1.29, 1.82) is 0 Å². The number of hydrogen-bond acceptors (Lipinski definition) is 3. The molecular weight excluding hydrogens is 400 g/mol. The Hall–Kier alpha value is -4.25. The standard InChI is InChI=1S/C27H22N2O3/c30-26(25-13-7-12-24(28-25)22-10-5-2-6-11-22)29(18-20-8-3-1-4-9-20)19-21-14-16-23(17-15-21)27(31)32/h1-17H,18-19H2,(H,31,32). The summed E-state index contributed by atoms with van der Waals surface area (Å²) in [6, 6.07) is 31.5. The number of aromatic carboxylic acids is 1. The molecule has 5 heteroatoms. The molecule has 0 unspecified atom stereocenters. The highest BCUT2D eigenvalue weighted by molar-refractivity contribution is 5.93. The predicted molar refractivity (Wildman–Crippen MR) is 123 cm³/mol. The Morgan fingerprint density at radius 1 is 0.688 bits per heavy atom. The number of nitrogens with zero attached hydrogens (tertiary/aromatic N) is 2. The van der Waals surface area contributed by atoms with Gasteiger partial charge in [-0.1, -0.05) is 78.9 Å². The molecule has 0 atom stereocenters. The molecule has 158 valence electrons. The lowest BCUT2D eigenvalue weighted by molar-refractivity contribution is 0.0693. The summed E-state index contributed by atoms with van der Waals surface area (Å²) in [5.74, 6) is -1.16. The van der Waals surface area contributed by atoms with Gasteiger partial charge in [0.05, 0.1) is 11.3 Å². The first-order valence-corrected chi connectivity index (χ1v) is 10.3. The van der Waals surface area contributed by atoms with Gasteiger partial charge in [0.1, 0.15) is 5.69 Å². The Labute approximate surface area is 186 Å². The summed E-state index contributed by atoms with van der Waals surface area (Å²) < 4.78 is 0. The summed E-state index contributed by atoms with van der Waals surface area (Å²) in [6.45, 7) is 0.752. The second kappa shape index (κ2) is 9.71. The molecule has 1 aromatic heterocycles. The topological polar surface area (TPSA) is 70.5 Å². The van der Waals surface area contributed by atoms with Gasteiger partial charge in [0, 0.05) is 18.7 Å². The predicted octanol–water partition coefficient (Wildman–Crippen LogP) is 5.29. The van der Waals surface area contributed by atoms with Crippen molar-refractivity contribution < 1.29 is 14.7 Å². The second-order valence-corrected chi connectivity index (χ2v) is 7.42. The zero-order valence-corrected chi connectivity index (χ0v) is 17.4. The number of benzene rings is 3. The number of carboxylic acids is 1. The Bertz CT molecular complexity index is 1210. The molecule has 1 N–H and O–H groups in total. The summed E-state index contributed by atoms with van der Waals surface area (Å²) in [5.41, 5.74) is 4.11. The van der Waals surface area contributed by atoms with E-state index in [1.165, 1.54) is 0 Å². The minimum Gasteiger partial charge on any atom is -0.478 e. The molecule has 0 aliphatic carbocycles. The van der Waals surface area contributed by atoms with Crippen LogP contribution >= 0.6 is 0 Å². The molecule has 4 aromatic rings. The summed E-state index contributed by atoms with van der Waals surface area (Å²) in [4.78, 5) is 31.0. The van der Waals surface area contributed by atoms with E-state index in [1.807, 2.05) is 72.8 Å². The van der Waals surface area contributed by atoms with E-state index in [0.29, 0.717) is 18.8 Å². The molecule has 4 rings (SSSR count). The summed E-state index contributed by atoms with van der Waals surface area (Å²) in [7, 11) is 0. The molecule has 0 aliphatic rings. The number of amides is 1. The van der Waals surface area contributed by atoms with Gasteiger partial charge in [0.2, 0.25) is 0 Å². The Balaban J connectivity index is 1.63. The Morgan fingerprint density at radius 2 is 1.28 bits per heavy atom. The largest absolute Gasteiger partial charge is 0.478 e. The highest BCUT2D eigenvalue weighted by Gasteiger charge is 2.19. The van der Waals surface area contributed by atoms with Crippen LogP contribution in [-0.4, -0.2) is 26.9 Å². The third-order valence-corrected chi connectivity index (χ3v) is 5.12. The van der Waals surface area contributed by atoms with Crippen molar-refractivity contribution in [1.82, 2.24) is 9.88 Å². The fourth-order valence-corrected chi connectivity index (χ4v) is 3.46. The van der Waals surface area contributed by atoms with Crippen LogP contribution in [0.25, 0.3) is 11.3 Å². The normalized spacial score (nSPS) is 10.5. The quantitative estimate of drug-likeness (QED) is 0.439. The van der Waals surface area contributed by atoms with Crippen molar-refractivity contribution in [3.8, 4) is 11.3 Å². The van der Waals surface area contributed by atoms with Crippen LogP contribution in [0.4, 0.5) is 0 Å². The van der Waals surface area contributed by atoms with Crippen molar-refractivity contribution >= 4 is 11.9 Å². The molecule has 5 nitrogen and oxygen atoms in total. The van der Waals surface area contributed by atoms with Gasteiger partial charge in [0.15, 0.2) is 0 Å². The van der Waals surface area contributed by atoms with E-state index in [2.05, 4.69) is 4.98 Å². The van der Waals surface area contributed by atoms with Crippen LogP contribution in [0.1, 0.15) is 32.0 Å². The van der Waals surface area contributed by atoms with E-state index in [1.54, 1.807) is 35.2 Å². The highest BCUT2D eigenvalue weighted by Crippen LogP contribution is 2.19. The zero-order valence-electron chi connectivity index (χ0n) is 17.4. The summed E-state index contributed by atoms with van der Waals surface area (Å²) in [5, 5.41) is 9.14. The van der Waals surface area contributed by atoms with Gasteiger partial charge in [-0.15, -0.1) is 0 Å². The van der Waals surface area contributed by atoms with Crippen LogP contribution in [-0.2, 0) is 13.1 Å². The van der Waals surface area contributed by atoms with E-state index >= 15 is 0 Å². The Morgan fingerprint density at radius 3 is 1.91 bits per heavy atom. The lowest BCUT2D eigenvalue weighted by atomic mass is 10.1. The molecule has 0 fully saturated rings. The molecule has 1 amide bonds. The monoisotopic (exact) mass is 422 g/mol. The molecule has 3 aromatic carbocycles. The second-order valence-electron chi connectivity index (χ2n) is 7.42. The maximum absolute atomic E-state index is 13.5. The van der Waals surface area contributed by atoms with Crippen LogP contribution < -0.4 is 0 Å². The van der Waals surface area contributed by atoms with Gasteiger partial charge < -0.3 is 10.0 Å². The van der Waals surface area contributed by atoms with E-state index in [-0.39, 0.29) is 11.5 Å². The van der Waals surface area contributed by atoms with Crippen molar-refractivity contribution in [2.45, 2.75) is 13.1 Å². The van der Waals surface area contributed by atoms with E-state index in [9.17, 15) is 9.59 Å². The van der Waals surface area contributed by atoms with Crippen molar-refractivity contribution in [2.24, 2.45) is 0 Å². The summed E-state index contributed by atoms with van der Waals surface area (Å²) in [6.07, 6.45) is 0. The number of rotatable bonds is 7. The van der Waals surface area contributed by atoms with E-state index in [0.717, 1.165) is 22.4 Å². The third kappa shape index (κ3) is 5.08. The van der Waals surface area contributed by atoms with Crippen molar-refractivity contribution in [3.05, 3.63) is 126 Å². The first kappa shape index (κ1) is 21.0. The van der Waals surface area contributed by atoms with Gasteiger partial charge in [-0.05, 0) is 35.4 Å². The lowest BCUT2D eigenvalue weighted by Crippen LogP contribution is -2.30. The third-order valence-electron chi connectivity index (χ3n) is 5.12. The van der Waals surface area contributed by atoms with Crippen LogP contribution in [0.3, 0.4) is 0 Å². The maximum Gasteiger partial charge on any atom is 0.335 e. The molecule has 1 heterocycles. The highest BCUT2D eigenvalue weighted by atomic mass is 16.4. The number of carboxylic acid groups (broad SMARTS) is 1. The minimum atomic E-state index is -0.976. The van der Waals surface area contributed by atoms with Crippen LogP contribution in [0.15, 0.2) is 103 Å². The number of pyridine rings is 1. The molecule has 0 saturated carbocycles. The van der Waals surface area contributed by atoms with Crippen LogP contribution in [0.5, 0.6) is 0 Å². The van der Waals surface area contributed by atoms with Gasteiger partial charge in [-0.3, -0.25) is 4.79 Å². The average molecular weight is 422 g/mol. The molecule has 32 heavy (non-hydrogen) atoms. The SMILES string of the molecule is O=C(O)c1ccc(CN(Cc2ccccc2)C(=O)c2cccc(-c3ccccc3)n2)cc1. The van der Waals surface area contributed by atoms with Gasteiger partial charge in [-0.25, -0.2) is 9.78 Å². The smallest absolute Gasteiger partial charge is 0.335 e. The van der Waals surface area contributed by atoms with Gasteiger partial charge in [0.25, 0.3) is 5.91 Å². The number of aromatic nitrogens is 1. The molecular formula is C27H22N2O3. The average Bonchev–Trinajstić information content (AvgIpc) is 2.85. The summed E-state index contributed by atoms with van der Waals surface area (Å²) >= 11 is 0. The lowest BCUT2D eigenvalue weighted by Gasteiger charge is -2.23. The van der Waals surface area contributed by atoms with Gasteiger partial charge >= 0.3 is 5.97 Å². The first-order chi connectivity index (χ1) is 15.6. The molecule has 0 spiro atoms. The van der Waals surface area contributed by atoms with Gasteiger partial charge in [-0.2, -0.15) is 0 Å². The van der Waals surface area contributed by atoms with E-state index in [4.69, 9.17) is 5.11 Å². The maximum atomic E-state index is 13.5. The Kier molecular flexibility index (Phi) is 6.37. The fraction of sp³-hybridized carbons (Fsp3) is 0.0741. The zero-order chi connectivity index (χ0) is 22.3. The van der Waals surface area contributed by atoms with E-state index < -0.39 is 5.97 Å². The molecule has 0 aliphatic heterocycles. The number of hydrogen-bond donors (Lipinski definition) is 1. The van der Waals surface area contributed by atoms with Crippen LogP contribution in [0.2, 0.25) is 0 Å². The number of carbonyl (C=O) groups is 2.